The summed E-state index contributed by atoms with van der Waals surface area (Å²) < 4.78 is 4.69. The SMILES string of the molecule is OCC(O)CO.OC[C@H]1O[CH][C@H](O)[C@@H](O)[C@@H]1O. The molecule has 0 amide bonds. The van der Waals surface area contributed by atoms with Gasteiger partial charge in [0.1, 0.15) is 37.1 Å². The third-order valence-corrected chi connectivity index (χ3v) is 2.07. The predicted molar refractivity (Wildman–Crippen MR) is 54.5 cm³/mol. The third kappa shape index (κ3) is 5.70. The second-order valence-corrected chi connectivity index (χ2v) is 3.48. The Morgan fingerprint density at radius 2 is 1.53 bits per heavy atom. The van der Waals surface area contributed by atoms with E-state index in [0.717, 1.165) is 6.61 Å². The minimum atomic E-state index is -1.28. The molecule has 103 valence electrons. The summed E-state index contributed by atoms with van der Waals surface area (Å²) in [7, 11) is 0. The first-order chi connectivity index (χ1) is 7.97. The van der Waals surface area contributed by atoms with Crippen LogP contribution in [0.1, 0.15) is 0 Å². The number of hydrogen-bond donors (Lipinski definition) is 7. The maximum atomic E-state index is 9.09. The standard InChI is InChI=1S/C6H11O5.C3H8O3/c7-1-4-6(10)5(9)3(8)2-11-4;4-1-3(6)2-5/h2-10H,1H2;3-6H,1-2H2/t3-,4+,5+,6+;/m0./s1. The normalized spacial score (nSPS) is 33.2. The molecule has 17 heavy (non-hydrogen) atoms. The predicted octanol–water partition coefficient (Wildman–Crippen LogP) is -4.05. The van der Waals surface area contributed by atoms with Crippen LogP contribution in [0.25, 0.3) is 0 Å². The van der Waals surface area contributed by atoms with Crippen molar-refractivity contribution in [2.45, 2.75) is 30.5 Å². The monoisotopic (exact) mass is 255 g/mol. The number of ether oxygens (including phenoxy) is 1. The van der Waals surface area contributed by atoms with Crippen molar-refractivity contribution in [1.82, 2.24) is 0 Å². The van der Waals surface area contributed by atoms with Gasteiger partial charge in [-0.25, -0.2) is 0 Å². The van der Waals surface area contributed by atoms with E-state index in [1.165, 1.54) is 0 Å². The molecule has 1 heterocycles. The summed E-state index contributed by atoms with van der Waals surface area (Å²) in [6, 6.07) is 0. The smallest absolute Gasteiger partial charge is 0.115 e. The molecular formula is C9H19O8. The molecule has 4 atom stereocenters. The fourth-order valence-electron chi connectivity index (χ4n) is 0.973. The van der Waals surface area contributed by atoms with E-state index in [-0.39, 0.29) is 19.8 Å². The molecule has 1 aliphatic heterocycles. The van der Waals surface area contributed by atoms with Gasteiger partial charge in [0.15, 0.2) is 0 Å². The van der Waals surface area contributed by atoms with Gasteiger partial charge < -0.3 is 40.5 Å². The van der Waals surface area contributed by atoms with Crippen LogP contribution in [0.3, 0.4) is 0 Å². The second-order valence-electron chi connectivity index (χ2n) is 3.48. The van der Waals surface area contributed by atoms with Crippen LogP contribution in [0.15, 0.2) is 0 Å². The van der Waals surface area contributed by atoms with Gasteiger partial charge in [-0.15, -0.1) is 0 Å². The van der Waals surface area contributed by atoms with Crippen molar-refractivity contribution in [1.29, 1.82) is 0 Å². The average molecular weight is 255 g/mol. The highest BCUT2D eigenvalue weighted by molar-refractivity contribution is 4.91. The van der Waals surface area contributed by atoms with Crippen LogP contribution in [0.5, 0.6) is 0 Å². The van der Waals surface area contributed by atoms with E-state index in [1.807, 2.05) is 0 Å². The molecule has 1 saturated heterocycles. The van der Waals surface area contributed by atoms with Crippen LogP contribution in [0, 0.1) is 6.61 Å². The molecule has 1 fully saturated rings. The molecule has 7 N–H and O–H groups in total. The molecule has 0 aliphatic carbocycles. The molecule has 8 heteroatoms. The molecule has 0 bridgehead atoms. The molecule has 0 saturated carbocycles. The largest absolute Gasteiger partial charge is 0.394 e. The van der Waals surface area contributed by atoms with Gasteiger partial charge in [-0.1, -0.05) is 0 Å². The van der Waals surface area contributed by atoms with E-state index in [0.29, 0.717) is 0 Å². The van der Waals surface area contributed by atoms with E-state index in [1.54, 1.807) is 0 Å². The molecule has 0 spiro atoms. The number of hydrogen-bond acceptors (Lipinski definition) is 8. The summed E-state index contributed by atoms with van der Waals surface area (Å²) in [4.78, 5) is 0. The lowest BCUT2D eigenvalue weighted by atomic mass is 10.0. The van der Waals surface area contributed by atoms with Crippen molar-refractivity contribution in [3.63, 3.8) is 0 Å². The highest BCUT2D eigenvalue weighted by Crippen LogP contribution is 2.17. The lowest BCUT2D eigenvalue weighted by Crippen LogP contribution is -2.52. The molecule has 0 unspecified atom stereocenters. The zero-order valence-electron chi connectivity index (χ0n) is 9.12. The molecule has 1 radical (unpaired) electrons. The van der Waals surface area contributed by atoms with Gasteiger partial charge in [0.25, 0.3) is 0 Å². The third-order valence-electron chi connectivity index (χ3n) is 2.07. The second kappa shape index (κ2) is 8.72. The van der Waals surface area contributed by atoms with E-state index in [2.05, 4.69) is 4.74 Å². The Morgan fingerprint density at radius 3 is 1.88 bits per heavy atom. The van der Waals surface area contributed by atoms with Crippen LogP contribution in [0.4, 0.5) is 0 Å². The van der Waals surface area contributed by atoms with Crippen LogP contribution in [-0.2, 0) is 4.74 Å². The van der Waals surface area contributed by atoms with Gasteiger partial charge in [-0.3, -0.25) is 0 Å². The first-order valence-corrected chi connectivity index (χ1v) is 5.01. The summed E-state index contributed by atoms with van der Waals surface area (Å²) >= 11 is 0. The minimum Gasteiger partial charge on any atom is -0.394 e. The molecule has 0 aromatic heterocycles. The van der Waals surface area contributed by atoms with Gasteiger partial charge >= 0.3 is 0 Å². The Morgan fingerprint density at radius 1 is 1.00 bits per heavy atom. The molecule has 1 rings (SSSR count). The number of aliphatic hydroxyl groups excluding tert-OH is 7. The fraction of sp³-hybridized carbons (Fsp3) is 0.889. The van der Waals surface area contributed by atoms with Gasteiger partial charge in [-0.2, -0.15) is 0 Å². The van der Waals surface area contributed by atoms with Gasteiger partial charge in [0, 0.05) is 0 Å². The van der Waals surface area contributed by atoms with Crippen LogP contribution >= 0.6 is 0 Å². The first kappa shape index (κ1) is 16.7. The summed E-state index contributed by atoms with van der Waals surface area (Å²) in [5, 5.41) is 59.6. The van der Waals surface area contributed by atoms with Crippen molar-refractivity contribution in [3.05, 3.63) is 6.61 Å². The molecule has 8 nitrogen and oxygen atoms in total. The molecule has 1 aliphatic rings. The lowest BCUT2D eigenvalue weighted by Gasteiger charge is -2.33. The van der Waals surface area contributed by atoms with E-state index >= 15 is 0 Å². The van der Waals surface area contributed by atoms with Gasteiger partial charge in [0.05, 0.1) is 19.8 Å². The average Bonchev–Trinajstić information content (AvgIpc) is 2.36. The van der Waals surface area contributed by atoms with Crippen LogP contribution < -0.4 is 0 Å². The quantitative estimate of drug-likeness (QED) is 0.269. The maximum Gasteiger partial charge on any atom is 0.115 e. The molecule has 0 aromatic rings. The number of rotatable bonds is 3. The van der Waals surface area contributed by atoms with Gasteiger partial charge in [0.2, 0.25) is 0 Å². The lowest BCUT2D eigenvalue weighted by molar-refractivity contribution is -0.169. The Bertz CT molecular complexity index is 184. The minimum absolute atomic E-state index is 0.365. The Labute approximate surface area is 98.3 Å². The fourth-order valence-corrected chi connectivity index (χ4v) is 0.973. The Balaban J connectivity index is 0.000000366. The zero-order valence-corrected chi connectivity index (χ0v) is 9.12. The van der Waals surface area contributed by atoms with Gasteiger partial charge in [-0.05, 0) is 0 Å². The topological polar surface area (TPSA) is 151 Å². The summed E-state index contributed by atoms with van der Waals surface area (Å²) in [6.45, 7) is -0.118. The van der Waals surface area contributed by atoms with E-state index < -0.39 is 30.5 Å². The van der Waals surface area contributed by atoms with Crippen LogP contribution in [-0.4, -0.2) is 86.1 Å². The summed E-state index contributed by atoms with van der Waals surface area (Å²) in [5.74, 6) is 0. The summed E-state index contributed by atoms with van der Waals surface area (Å²) in [5.41, 5.74) is 0. The van der Waals surface area contributed by atoms with Crippen molar-refractivity contribution >= 4 is 0 Å². The van der Waals surface area contributed by atoms with Crippen LogP contribution in [0.2, 0.25) is 0 Å². The zero-order chi connectivity index (χ0) is 13.4. The number of aliphatic hydroxyl groups is 7. The van der Waals surface area contributed by atoms with Crippen molar-refractivity contribution in [2.75, 3.05) is 19.8 Å². The Hall–Kier alpha value is -0.320. The van der Waals surface area contributed by atoms with Crippen molar-refractivity contribution < 1.29 is 40.5 Å². The van der Waals surface area contributed by atoms with Crippen molar-refractivity contribution in [3.8, 4) is 0 Å². The van der Waals surface area contributed by atoms with Crippen molar-refractivity contribution in [2.24, 2.45) is 0 Å². The maximum absolute atomic E-state index is 9.09. The molecular weight excluding hydrogens is 236 g/mol. The van der Waals surface area contributed by atoms with E-state index in [9.17, 15) is 0 Å². The Kier molecular flexibility index (Phi) is 8.56. The van der Waals surface area contributed by atoms with E-state index in [4.69, 9.17) is 35.7 Å². The summed E-state index contributed by atoms with van der Waals surface area (Å²) in [6.07, 6.45) is -5.49. The first-order valence-electron chi connectivity index (χ1n) is 5.01. The highest BCUT2D eigenvalue weighted by Gasteiger charge is 2.37. The molecule has 0 aromatic carbocycles. The highest BCUT2D eigenvalue weighted by atomic mass is 16.5.